The van der Waals surface area contributed by atoms with E-state index in [0.717, 1.165) is 16.2 Å². The van der Waals surface area contributed by atoms with Crippen molar-refractivity contribution in [2.45, 2.75) is 49.4 Å². The molecule has 0 amide bonds. The second-order valence-corrected chi connectivity index (χ2v) is 9.93. The number of aryl methyl sites for hydroxylation is 1. The summed E-state index contributed by atoms with van der Waals surface area (Å²) in [5, 5.41) is 19.8. The van der Waals surface area contributed by atoms with Crippen LogP contribution in [-0.4, -0.2) is 78.5 Å². The molecule has 1 aliphatic rings. The van der Waals surface area contributed by atoms with Gasteiger partial charge in [-0.05, 0) is 26.0 Å². The Balaban J connectivity index is 1.51. The summed E-state index contributed by atoms with van der Waals surface area (Å²) in [6.45, 7) is 2.26. The molecule has 0 radical (unpaired) electrons. The smallest absolute Gasteiger partial charge is 0.330 e. The Morgan fingerprint density at radius 3 is 2.53 bits per heavy atom. The summed E-state index contributed by atoms with van der Waals surface area (Å²) in [5.74, 6) is -0.245. The van der Waals surface area contributed by atoms with E-state index in [4.69, 9.17) is 18.9 Å². The minimum absolute atomic E-state index is 0.204. The standard InChI is InChI=1S/C21H28N2O10S/c1-13-3-5-15(6-4-13)34(28,29)10-14(2)31-11-30-12-32-19-18(26)16(9-24)33-20(19)23-8-7-17(25)22-21(23)27/h3-8,14,16,18-20,24,26H,9-12H2,1-2H3,(H,22,25,27). The zero-order valence-corrected chi connectivity index (χ0v) is 19.5. The van der Waals surface area contributed by atoms with Crippen molar-refractivity contribution in [3.8, 4) is 0 Å². The first-order chi connectivity index (χ1) is 16.1. The highest BCUT2D eigenvalue weighted by atomic mass is 32.2. The average Bonchev–Trinajstić information content (AvgIpc) is 3.08. The van der Waals surface area contributed by atoms with Gasteiger partial charge in [0.05, 0.1) is 23.4 Å². The fraction of sp³-hybridized carbons (Fsp3) is 0.524. The first-order valence-corrected chi connectivity index (χ1v) is 12.1. The van der Waals surface area contributed by atoms with Crippen molar-refractivity contribution in [1.29, 1.82) is 0 Å². The van der Waals surface area contributed by atoms with Crippen molar-refractivity contribution < 1.29 is 37.6 Å². The maximum absolute atomic E-state index is 12.5. The number of nitrogens with one attached hydrogen (secondary N) is 1. The van der Waals surface area contributed by atoms with E-state index in [1.54, 1.807) is 31.2 Å². The monoisotopic (exact) mass is 500 g/mol. The molecule has 34 heavy (non-hydrogen) atoms. The number of aliphatic hydroxyl groups is 2. The SMILES string of the molecule is Cc1ccc(S(=O)(=O)CC(C)OCOCOC2C(O)C(CO)OC2n2ccc(=O)[nH]c2=O)cc1. The lowest BCUT2D eigenvalue weighted by atomic mass is 10.1. The molecule has 3 rings (SSSR count). The summed E-state index contributed by atoms with van der Waals surface area (Å²) in [4.78, 5) is 25.7. The molecular formula is C21H28N2O10S. The third-order valence-electron chi connectivity index (χ3n) is 5.23. The zero-order chi connectivity index (χ0) is 24.9. The Bertz CT molecular complexity index is 1160. The number of hydrogen-bond donors (Lipinski definition) is 3. The van der Waals surface area contributed by atoms with E-state index >= 15 is 0 Å². The van der Waals surface area contributed by atoms with Gasteiger partial charge in [0.15, 0.2) is 16.1 Å². The minimum Gasteiger partial charge on any atom is -0.394 e. The summed E-state index contributed by atoms with van der Waals surface area (Å²) in [5.41, 5.74) is -0.424. The van der Waals surface area contributed by atoms with E-state index in [1.165, 1.54) is 6.20 Å². The van der Waals surface area contributed by atoms with Gasteiger partial charge in [-0.2, -0.15) is 0 Å². The van der Waals surface area contributed by atoms with Crippen LogP contribution in [0.3, 0.4) is 0 Å². The molecule has 3 N–H and O–H groups in total. The molecule has 1 fully saturated rings. The maximum Gasteiger partial charge on any atom is 0.330 e. The Kier molecular flexibility index (Phi) is 8.76. The van der Waals surface area contributed by atoms with Gasteiger partial charge in [0.1, 0.15) is 31.9 Å². The van der Waals surface area contributed by atoms with Crippen LogP contribution in [0.25, 0.3) is 0 Å². The highest BCUT2D eigenvalue weighted by Gasteiger charge is 2.45. The molecule has 12 nitrogen and oxygen atoms in total. The van der Waals surface area contributed by atoms with Crippen molar-refractivity contribution in [2.75, 3.05) is 25.9 Å². The molecular weight excluding hydrogens is 472 g/mol. The van der Waals surface area contributed by atoms with Crippen molar-refractivity contribution in [2.24, 2.45) is 0 Å². The maximum atomic E-state index is 12.5. The van der Waals surface area contributed by atoms with Crippen LogP contribution in [0.2, 0.25) is 0 Å². The number of rotatable bonds is 11. The van der Waals surface area contributed by atoms with Crippen molar-refractivity contribution in [3.05, 3.63) is 62.9 Å². The molecule has 2 heterocycles. The Morgan fingerprint density at radius 1 is 1.18 bits per heavy atom. The number of aromatic nitrogens is 2. The van der Waals surface area contributed by atoms with Crippen LogP contribution in [0.4, 0.5) is 0 Å². The van der Waals surface area contributed by atoms with Gasteiger partial charge in [-0.25, -0.2) is 13.2 Å². The van der Waals surface area contributed by atoms with Gasteiger partial charge in [-0.15, -0.1) is 0 Å². The van der Waals surface area contributed by atoms with Crippen molar-refractivity contribution >= 4 is 9.84 Å². The lowest BCUT2D eigenvalue weighted by Gasteiger charge is -2.22. The molecule has 5 unspecified atom stereocenters. The van der Waals surface area contributed by atoms with E-state index in [9.17, 15) is 28.2 Å². The largest absolute Gasteiger partial charge is 0.394 e. The lowest BCUT2D eigenvalue weighted by molar-refractivity contribution is -0.182. The predicted octanol–water partition coefficient (Wildman–Crippen LogP) is -0.709. The summed E-state index contributed by atoms with van der Waals surface area (Å²) >= 11 is 0. The molecule has 1 saturated heterocycles. The molecule has 1 aromatic heterocycles. The van der Waals surface area contributed by atoms with Gasteiger partial charge < -0.3 is 29.2 Å². The van der Waals surface area contributed by atoms with Crippen molar-refractivity contribution in [3.63, 3.8) is 0 Å². The number of nitrogens with zero attached hydrogens (tertiary/aromatic N) is 1. The fourth-order valence-electron chi connectivity index (χ4n) is 3.42. The quantitative estimate of drug-likeness (QED) is 0.265. The molecule has 5 atom stereocenters. The van der Waals surface area contributed by atoms with Crippen LogP contribution in [0.1, 0.15) is 18.7 Å². The summed E-state index contributed by atoms with van der Waals surface area (Å²) in [6, 6.07) is 7.63. The molecule has 0 spiro atoms. The summed E-state index contributed by atoms with van der Waals surface area (Å²) in [6.07, 6.45) is -4.00. The van der Waals surface area contributed by atoms with Gasteiger partial charge in [-0.3, -0.25) is 14.3 Å². The van der Waals surface area contributed by atoms with E-state index in [-0.39, 0.29) is 24.2 Å². The number of sulfone groups is 1. The van der Waals surface area contributed by atoms with E-state index in [1.807, 2.05) is 6.92 Å². The van der Waals surface area contributed by atoms with Gasteiger partial charge in [0.2, 0.25) is 0 Å². The topological polar surface area (TPSA) is 166 Å². The van der Waals surface area contributed by atoms with Gasteiger partial charge in [0.25, 0.3) is 5.56 Å². The molecule has 2 aromatic rings. The first kappa shape index (κ1) is 26.2. The van der Waals surface area contributed by atoms with E-state index < -0.39 is 58.3 Å². The van der Waals surface area contributed by atoms with Crippen LogP contribution in [0.15, 0.2) is 51.0 Å². The third-order valence-corrected chi connectivity index (χ3v) is 7.13. The normalized spacial score (nSPS) is 23.8. The highest BCUT2D eigenvalue weighted by Crippen LogP contribution is 2.30. The number of H-pyrrole nitrogens is 1. The van der Waals surface area contributed by atoms with Crippen LogP contribution in [-0.2, 0) is 28.8 Å². The highest BCUT2D eigenvalue weighted by molar-refractivity contribution is 7.91. The van der Waals surface area contributed by atoms with E-state index in [0.29, 0.717) is 0 Å². The molecule has 1 aliphatic heterocycles. The van der Waals surface area contributed by atoms with Crippen LogP contribution < -0.4 is 11.2 Å². The van der Waals surface area contributed by atoms with Crippen LogP contribution in [0.5, 0.6) is 0 Å². The van der Waals surface area contributed by atoms with Crippen LogP contribution in [0, 0.1) is 6.92 Å². The zero-order valence-electron chi connectivity index (χ0n) is 18.7. The average molecular weight is 501 g/mol. The number of aliphatic hydroxyl groups excluding tert-OH is 2. The molecule has 0 saturated carbocycles. The molecule has 13 heteroatoms. The lowest BCUT2D eigenvalue weighted by Crippen LogP contribution is -2.39. The van der Waals surface area contributed by atoms with Gasteiger partial charge in [-0.1, -0.05) is 17.7 Å². The number of ether oxygens (including phenoxy) is 4. The Hall–Kier alpha value is -2.39. The Labute approximate surface area is 195 Å². The fourth-order valence-corrected chi connectivity index (χ4v) is 4.88. The molecule has 188 valence electrons. The predicted molar refractivity (Wildman–Crippen MR) is 118 cm³/mol. The second-order valence-electron chi connectivity index (χ2n) is 7.90. The first-order valence-electron chi connectivity index (χ1n) is 10.5. The number of benzene rings is 1. The molecule has 1 aromatic carbocycles. The minimum atomic E-state index is -3.54. The van der Waals surface area contributed by atoms with Gasteiger partial charge in [0, 0.05) is 12.3 Å². The molecule has 0 aliphatic carbocycles. The number of hydrogen-bond acceptors (Lipinski definition) is 10. The summed E-state index contributed by atoms with van der Waals surface area (Å²) in [7, 11) is -3.54. The van der Waals surface area contributed by atoms with Gasteiger partial charge >= 0.3 is 5.69 Å². The van der Waals surface area contributed by atoms with E-state index in [2.05, 4.69) is 4.98 Å². The van der Waals surface area contributed by atoms with Crippen molar-refractivity contribution in [1.82, 2.24) is 9.55 Å². The second kappa shape index (κ2) is 11.4. The van der Waals surface area contributed by atoms with Crippen LogP contribution >= 0.6 is 0 Å². The third kappa shape index (κ3) is 6.39. The number of aromatic amines is 1. The molecule has 0 bridgehead atoms. The Morgan fingerprint density at radius 2 is 1.88 bits per heavy atom. The summed E-state index contributed by atoms with van der Waals surface area (Å²) < 4.78 is 47.6.